The molecule has 2 aromatic heterocycles. The molecule has 1 aromatic carbocycles. The minimum absolute atomic E-state index is 0.274. The lowest BCUT2D eigenvalue weighted by Gasteiger charge is -2.13. The van der Waals surface area contributed by atoms with Gasteiger partial charge in [0.1, 0.15) is 18.2 Å². The molecule has 134 valence electrons. The first-order chi connectivity index (χ1) is 12.7. The van der Waals surface area contributed by atoms with Gasteiger partial charge in [-0.05, 0) is 12.1 Å². The Morgan fingerprint density at radius 3 is 2.85 bits per heavy atom. The maximum atomic E-state index is 12.4. The zero-order valence-corrected chi connectivity index (χ0v) is 13.7. The number of hydrogen-bond donors (Lipinski definition) is 3. The number of fused-ring (bicyclic) bond motifs is 1. The number of nitrogens with one attached hydrogen (secondary N) is 1. The van der Waals surface area contributed by atoms with Crippen molar-refractivity contribution in [1.82, 2.24) is 19.7 Å². The molecule has 3 aromatic rings. The summed E-state index contributed by atoms with van der Waals surface area (Å²) in [6.07, 6.45) is 1.18. The van der Waals surface area contributed by atoms with Crippen molar-refractivity contribution < 1.29 is 19.7 Å². The number of amides is 1. The summed E-state index contributed by atoms with van der Waals surface area (Å²) in [4.78, 5) is 20.7. The molecule has 3 N–H and O–H groups in total. The van der Waals surface area contributed by atoms with Crippen molar-refractivity contribution in [2.75, 3.05) is 11.9 Å². The first kappa shape index (κ1) is 16.6. The molecule has 26 heavy (non-hydrogen) atoms. The molecule has 0 saturated carbocycles. The number of carbonyl (C=O) groups excluding carboxylic acids is 1. The number of ether oxygens (including phenoxy) is 1. The van der Waals surface area contributed by atoms with Crippen LogP contribution in [0.15, 0.2) is 42.9 Å². The van der Waals surface area contributed by atoms with Crippen LogP contribution in [0.5, 0.6) is 0 Å². The van der Waals surface area contributed by atoms with Crippen molar-refractivity contribution >= 4 is 22.8 Å². The molecule has 9 heteroatoms. The minimum atomic E-state index is -0.775. The Bertz CT molecular complexity index is 929. The molecule has 0 aliphatic carbocycles. The smallest absolute Gasteiger partial charge is 0.256 e. The van der Waals surface area contributed by atoms with Crippen molar-refractivity contribution in [3.63, 3.8) is 0 Å². The number of carbonyl (C=O) groups is 1. The van der Waals surface area contributed by atoms with Crippen LogP contribution < -0.4 is 5.32 Å². The lowest BCUT2D eigenvalue weighted by molar-refractivity contribution is -0.0470. The number of anilines is 1. The molecule has 0 spiro atoms. The quantitative estimate of drug-likeness (QED) is 0.630. The van der Waals surface area contributed by atoms with Crippen molar-refractivity contribution in [2.45, 2.75) is 24.9 Å². The summed E-state index contributed by atoms with van der Waals surface area (Å²) in [6, 6.07) is 8.81. The molecule has 3 heterocycles. The average Bonchev–Trinajstić information content (AvgIpc) is 3.26. The maximum absolute atomic E-state index is 12.4. The predicted octanol–water partition coefficient (Wildman–Crippen LogP) is 0.719. The van der Waals surface area contributed by atoms with Gasteiger partial charge in [-0.2, -0.15) is 5.10 Å². The Kier molecular flexibility index (Phi) is 4.33. The standard InChI is InChI=1S/C17H17N5O4/c23-8-13-12(24)6-14(26-13)22-16-11(7-20-22)15(18-9-19-16)21-17(25)10-4-2-1-3-5-10/h1-5,7,9,12-14,23-24H,6,8H2,(H,18,19,21,25)/t12-,13-,14-/m1/s1. The highest BCUT2D eigenvalue weighted by Crippen LogP contribution is 2.31. The molecule has 4 rings (SSSR count). The van der Waals surface area contributed by atoms with Gasteiger partial charge < -0.3 is 20.3 Å². The number of aromatic nitrogens is 4. The second-order valence-electron chi connectivity index (χ2n) is 5.98. The average molecular weight is 355 g/mol. The zero-order chi connectivity index (χ0) is 18.1. The molecule has 1 amide bonds. The van der Waals surface area contributed by atoms with Crippen molar-refractivity contribution in [3.05, 3.63) is 48.4 Å². The van der Waals surface area contributed by atoms with Crippen molar-refractivity contribution in [2.24, 2.45) is 0 Å². The number of nitrogens with zero attached hydrogens (tertiary/aromatic N) is 4. The third-order valence-electron chi connectivity index (χ3n) is 4.32. The number of aliphatic hydroxyl groups is 2. The van der Waals surface area contributed by atoms with E-state index < -0.39 is 18.4 Å². The number of aliphatic hydroxyl groups excluding tert-OH is 2. The van der Waals surface area contributed by atoms with Gasteiger partial charge in [-0.1, -0.05) is 18.2 Å². The molecule has 3 atom stereocenters. The van der Waals surface area contributed by atoms with Crippen LogP contribution in [0.1, 0.15) is 23.0 Å². The molecular weight excluding hydrogens is 338 g/mol. The summed E-state index contributed by atoms with van der Waals surface area (Å²) in [6.45, 7) is -0.274. The zero-order valence-electron chi connectivity index (χ0n) is 13.7. The molecule has 1 saturated heterocycles. The molecule has 0 unspecified atom stereocenters. The number of hydrogen-bond acceptors (Lipinski definition) is 7. The summed E-state index contributed by atoms with van der Waals surface area (Å²) in [5.74, 6) is 0.0542. The molecule has 0 radical (unpaired) electrons. The summed E-state index contributed by atoms with van der Waals surface area (Å²) in [5, 5.41) is 26.7. The largest absolute Gasteiger partial charge is 0.394 e. The van der Waals surface area contributed by atoms with Crippen LogP contribution in [0, 0.1) is 0 Å². The summed E-state index contributed by atoms with van der Waals surface area (Å²) < 4.78 is 7.14. The number of benzene rings is 1. The highest BCUT2D eigenvalue weighted by molar-refractivity contribution is 6.07. The lowest BCUT2D eigenvalue weighted by atomic mass is 10.2. The fraction of sp³-hybridized carbons (Fsp3) is 0.294. The summed E-state index contributed by atoms with van der Waals surface area (Å²) in [7, 11) is 0. The lowest BCUT2D eigenvalue weighted by Crippen LogP contribution is -2.24. The monoisotopic (exact) mass is 355 g/mol. The Balaban J connectivity index is 1.63. The molecule has 1 aliphatic heterocycles. The minimum Gasteiger partial charge on any atom is -0.394 e. The first-order valence-electron chi connectivity index (χ1n) is 8.16. The van der Waals surface area contributed by atoms with Gasteiger partial charge in [0.25, 0.3) is 5.91 Å². The Hall–Kier alpha value is -2.88. The van der Waals surface area contributed by atoms with E-state index >= 15 is 0 Å². The van der Waals surface area contributed by atoms with E-state index in [0.29, 0.717) is 22.4 Å². The molecule has 0 bridgehead atoms. The van der Waals surface area contributed by atoms with E-state index in [2.05, 4.69) is 20.4 Å². The topological polar surface area (TPSA) is 122 Å². The number of rotatable bonds is 4. The van der Waals surface area contributed by atoms with Gasteiger partial charge in [0.15, 0.2) is 11.9 Å². The summed E-state index contributed by atoms with van der Waals surface area (Å²) >= 11 is 0. The van der Waals surface area contributed by atoms with Gasteiger partial charge in [0.05, 0.1) is 24.3 Å². The van der Waals surface area contributed by atoms with Gasteiger partial charge in [-0.3, -0.25) is 4.79 Å². The highest BCUT2D eigenvalue weighted by Gasteiger charge is 2.35. The van der Waals surface area contributed by atoms with E-state index in [0.717, 1.165) is 0 Å². The second kappa shape index (κ2) is 6.79. The van der Waals surface area contributed by atoms with E-state index in [-0.39, 0.29) is 18.9 Å². The SMILES string of the molecule is O=C(Nc1ncnc2c1cnn2[C@H]1C[C@@H](O)[C@@H](CO)O1)c1ccccc1. The van der Waals surface area contributed by atoms with E-state index in [1.807, 2.05) is 6.07 Å². The first-order valence-corrected chi connectivity index (χ1v) is 8.16. The fourth-order valence-corrected chi connectivity index (χ4v) is 2.97. The Morgan fingerprint density at radius 2 is 2.12 bits per heavy atom. The maximum Gasteiger partial charge on any atom is 0.256 e. The van der Waals surface area contributed by atoms with Crippen molar-refractivity contribution in [3.8, 4) is 0 Å². The van der Waals surface area contributed by atoms with E-state index in [1.165, 1.54) is 17.2 Å². The third kappa shape index (κ3) is 2.92. The van der Waals surface area contributed by atoms with E-state index in [1.54, 1.807) is 24.3 Å². The van der Waals surface area contributed by atoms with Crippen LogP contribution >= 0.6 is 0 Å². The normalized spacial score (nSPS) is 22.6. The van der Waals surface area contributed by atoms with Gasteiger partial charge in [0, 0.05) is 12.0 Å². The Morgan fingerprint density at radius 1 is 1.31 bits per heavy atom. The molecular formula is C17H17N5O4. The third-order valence-corrected chi connectivity index (χ3v) is 4.32. The molecule has 1 aliphatic rings. The van der Waals surface area contributed by atoms with Crippen LogP contribution in [0.3, 0.4) is 0 Å². The van der Waals surface area contributed by atoms with Gasteiger partial charge in [-0.15, -0.1) is 0 Å². The van der Waals surface area contributed by atoms with Crippen LogP contribution in [0.25, 0.3) is 11.0 Å². The second-order valence-corrected chi connectivity index (χ2v) is 5.98. The van der Waals surface area contributed by atoms with Crippen LogP contribution in [-0.2, 0) is 4.74 Å². The van der Waals surface area contributed by atoms with Crippen LogP contribution in [-0.4, -0.2) is 54.7 Å². The van der Waals surface area contributed by atoms with E-state index in [9.17, 15) is 15.0 Å². The van der Waals surface area contributed by atoms with E-state index in [4.69, 9.17) is 4.74 Å². The van der Waals surface area contributed by atoms with Gasteiger partial charge >= 0.3 is 0 Å². The molecule has 9 nitrogen and oxygen atoms in total. The van der Waals surface area contributed by atoms with Gasteiger partial charge in [-0.25, -0.2) is 14.6 Å². The molecule has 1 fully saturated rings. The Labute approximate surface area is 148 Å². The van der Waals surface area contributed by atoms with Crippen LogP contribution in [0.2, 0.25) is 0 Å². The van der Waals surface area contributed by atoms with Gasteiger partial charge in [0.2, 0.25) is 0 Å². The summed E-state index contributed by atoms with van der Waals surface area (Å²) in [5.41, 5.74) is 0.985. The van der Waals surface area contributed by atoms with Crippen LogP contribution in [0.4, 0.5) is 5.82 Å². The fourth-order valence-electron chi connectivity index (χ4n) is 2.97. The van der Waals surface area contributed by atoms with Crippen molar-refractivity contribution in [1.29, 1.82) is 0 Å². The highest BCUT2D eigenvalue weighted by atomic mass is 16.5. The predicted molar refractivity (Wildman–Crippen MR) is 91.3 cm³/mol.